The van der Waals surface area contributed by atoms with E-state index in [4.69, 9.17) is 9.97 Å². The van der Waals surface area contributed by atoms with Crippen LogP contribution in [0.3, 0.4) is 0 Å². The predicted octanol–water partition coefficient (Wildman–Crippen LogP) is 32.9. The highest BCUT2D eigenvalue weighted by Gasteiger charge is 2.52. The van der Waals surface area contributed by atoms with Gasteiger partial charge in [0.2, 0.25) is 0 Å². The van der Waals surface area contributed by atoms with Crippen molar-refractivity contribution in [3.05, 3.63) is 470 Å². The molecule has 0 aliphatic heterocycles. The summed E-state index contributed by atoms with van der Waals surface area (Å²) < 4.78 is 4.92. The third-order valence-electron chi connectivity index (χ3n) is 27.2. The molecule has 6 nitrogen and oxygen atoms in total. The summed E-state index contributed by atoms with van der Waals surface area (Å²) in [7, 11) is 0. The van der Waals surface area contributed by atoms with Gasteiger partial charge in [-0.3, -0.25) is 9.13 Å². The lowest BCUT2D eigenvalue weighted by atomic mass is 9.70. The van der Waals surface area contributed by atoms with Crippen LogP contribution in [0.5, 0.6) is 0 Å². The fourth-order valence-electron chi connectivity index (χ4n) is 21.2. The molecule has 0 amide bonds. The maximum Gasteiger partial charge on any atom is 0.145 e. The quantitative estimate of drug-likeness (QED) is 0.0713. The number of unbranched alkanes of at least 4 members (excludes halogenated alkanes) is 2. The zero-order valence-electron chi connectivity index (χ0n) is 72.0. The normalized spacial score (nSPS) is 12.4. The van der Waals surface area contributed by atoms with Gasteiger partial charge in [-0.1, -0.05) is 318 Å². The molecule has 1 spiro atoms. The minimum Gasteiger partial charge on any atom is -0.311 e. The zero-order valence-corrected chi connectivity index (χ0v) is 72.0. The number of hydrogen-bond acceptors (Lipinski definition) is 4. The van der Waals surface area contributed by atoms with Gasteiger partial charge in [0.1, 0.15) is 11.6 Å². The average Bonchev–Trinajstić information content (AvgIpc) is 1.63. The van der Waals surface area contributed by atoms with Crippen molar-refractivity contribution in [1.82, 2.24) is 19.1 Å². The van der Waals surface area contributed by atoms with Gasteiger partial charge in [-0.25, -0.2) is 9.97 Å². The summed E-state index contributed by atoms with van der Waals surface area (Å²) in [4.78, 5) is 16.7. The van der Waals surface area contributed by atoms with Crippen LogP contribution in [-0.4, -0.2) is 19.1 Å². The molecule has 0 bridgehead atoms. The lowest BCUT2D eigenvalue weighted by Crippen LogP contribution is -2.26. The van der Waals surface area contributed by atoms with Crippen molar-refractivity contribution in [2.24, 2.45) is 0 Å². The largest absolute Gasteiger partial charge is 0.311 e. The number of rotatable bonds is 20. The van der Waals surface area contributed by atoms with Crippen LogP contribution in [0.1, 0.15) is 72.9 Å². The summed E-state index contributed by atoms with van der Waals surface area (Å²) >= 11 is 0. The number of imidazole rings is 2. The standard InChI is InChI=1S/C123H90N6/c1-3-5-31-81-53-63-99(64-54-81)128-119-111-49-25-21-43-103(111)101-41-19-23-47-109(101)117(119)124-121(128)91-75-87(83-57-67-97(68-58-83)126(93-33-11-7-12-34-93)94-35-13-8-14-36-94)73-89(77-91)85-61-71-107-108-72-62-86(80-116(108)123(115(107)79-85)113-51-29-27-45-105(113)106-46-28-30-52-114(106)123)90-74-88(84-59-69-98(70-60-84)127(95-37-15-9-16-38-95)96-39-17-10-18-40-96)76-92(78-90)122-125-118-110-48-24-20-42-102(110)104-44-22-26-50-112(104)120(118)129(122)100-65-55-82(56-66-100)32-6-4-2/h7-30,33-80H,3-6,31-32H2,1-2H3. The van der Waals surface area contributed by atoms with Crippen LogP contribution in [-0.2, 0) is 18.3 Å². The molecule has 0 fully saturated rings. The fourth-order valence-corrected chi connectivity index (χ4v) is 21.2. The molecule has 129 heavy (non-hydrogen) atoms. The Kier molecular flexibility index (Phi) is 18.9. The molecule has 6 heteroatoms. The van der Waals surface area contributed by atoms with E-state index in [1.165, 1.54) is 77.2 Å². The van der Waals surface area contributed by atoms with E-state index in [1.54, 1.807) is 0 Å². The Hall–Kier alpha value is -16.0. The Morgan fingerprint density at radius 1 is 0.225 bits per heavy atom. The summed E-state index contributed by atoms with van der Waals surface area (Å²) in [5, 5.41) is 9.34. The Morgan fingerprint density at radius 2 is 0.504 bits per heavy atom. The van der Waals surface area contributed by atoms with E-state index >= 15 is 0 Å². The molecule has 2 aliphatic rings. The van der Waals surface area contributed by atoms with Gasteiger partial charge in [-0.05, 0) is 293 Å². The maximum absolute atomic E-state index is 6.00. The summed E-state index contributed by atoms with van der Waals surface area (Å²) in [6.45, 7) is 4.55. The molecule has 612 valence electrons. The highest BCUT2D eigenvalue weighted by molar-refractivity contribution is 6.26. The van der Waals surface area contributed by atoms with Crippen LogP contribution in [0, 0.1) is 0 Å². The van der Waals surface area contributed by atoms with Gasteiger partial charge in [0.25, 0.3) is 0 Å². The highest BCUT2D eigenvalue weighted by atomic mass is 15.2. The van der Waals surface area contributed by atoms with Crippen molar-refractivity contribution in [2.75, 3.05) is 9.80 Å². The minimum atomic E-state index is -0.748. The molecule has 0 unspecified atom stereocenters. The molecule has 0 radical (unpaired) electrons. The SMILES string of the molecule is CCCCc1ccc(-n2c(-c3cc(-c4ccc(N(c5ccccc5)c5ccccc5)cc4)cc(-c4ccc5c(c4)C4(c6ccccc6-c6ccccc64)c4cc(-c6cc(-c7ccc(N(c8ccccc8)c8ccccc8)cc7)cc(-c7nc8c9ccccc9c9ccccc9c8n7-c7ccc(CCCC)cc7)c6)ccc4-5)c3)nc3c4ccccc4c4ccccc4c32)cc1. The number of anilines is 6. The predicted molar refractivity (Wildman–Crippen MR) is 541 cm³/mol. The van der Waals surface area contributed by atoms with Crippen LogP contribution in [0.2, 0.25) is 0 Å². The first kappa shape index (κ1) is 76.6. The van der Waals surface area contributed by atoms with Crippen molar-refractivity contribution >= 4 is 99.3 Å². The zero-order chi connectivity index (χ0) is 85.6. The number of aryl methyl sites for hydroxylation is 2. The van der Waals surface area contributed by atoms with Gasteiger partial charge in [-0.15, -0.1) is 0 Å². The van der Waals surface area contributed by atoms with Gasteiger partial charge in [0, 0.05) is 78.2 Å². The van der Waals surface area contributed by atoms with E-state index in [9.17, 15) is 0 Å². The van der Waals surface area contributed by atoms with E-state index in [2.05, 4.69) is 470 Å². The second kappa shape index (κ2) is 31.9. The summed E-state index contributed by atoms with van der Waals surface area (Å²) in [6.07, 6.45) is 6.59. The molecule has 22 aromatic rings. The molecular formula is C123H90N6. The first-order valence-corrected chi connectivity index (χ1v) is 45.5. The van der Waals surface area contributed by atoms with Crippen LogP contribution in [0.4, 0.5) is 34.1 Å². The molecule has 2 aromatic heterocycles. The molecule has 24 rings (SSSR count). The number of hydrogen-bond donors (Lipinski definition) is 0. The third-order valence-corrected chi connectivity index (χ3v) is 27.2. The smallest absolute Gasteiger partial charge is 0.145 e. The summed E-state index contributed by atoms with van der Waals surface area (Å²) in [5.41, 5.74) is 35.4. The lowest BCUT2D eigenvalue weighted by molar-refractivity contribution is 0.794. The van der Waals surface area contributed by atoms with Crippen molar-refractivity contribution in [2.45, 2.75) is 57.8 Å². The van der Waals surface area contributed by atoms with Gasteiger partial charge in [-0.2, -0.15) is 0 Å². The Bertz CT molecular complexity index is 7530. The number of aromatic nitrogens is 4. The average molecular weight is 1650 g/mol. The number of fused-ring (bicyclic) bond motifs is 22. The molecule has 2 aliphatic carbocycles. The molecule has 0 N–H and O–H groups in total. The van der Waals surface area contributed by atoms with Crippen LogP contribution in [0.15, 0.2) is 437 Å². The van der Waals surface area contributed by atoms with E-state index in [-0.39, 0.29) is 0 Å². The van der Waals surface area contributed by atoms with Gasteiger partial charge in [0.05, 0.1) is 27.5 Å². The second-order valence-corrected chi connectivity index (χ2v) is 34.7. The van der Waals surface area contributed by atoms with Gasteiger partial charge >= 0.3 is 0 Å². The first-order valence-electron chi connectivity index (χ1n) is 45.5. The Morgan fingerprint density at radius 3 is 0.860 bits per heavy atom. The lowest BCUT2D eigenvalue weighted by Gasteiger charge is -2.31. The Labute approximate surface area is 751 Å². The fraction of sp³-hybridized carbons (Fsp3) is 0.0732. The minimum absolute atomic E-state index is 0.748. The van der Waals surface area contributed by atoms with Crippen molar-refractivity contribution < 1.29 is 0 Å². The molecule has 20 aromatic carbocycles. The van der Waals surface area contributed by atoms with Gasteiger partial charge < -0.3 is 9.80 Å². The number of para-hydroxylation sites is 4. The molecule has 0 saturated heterocycles. The number of benzene rings is 20. The summed E-state index contributed by atoms with van der Waals surface area (Å²) in [6, 6.07) is 163. The number of nitrogens with zero attached hydrogens (tertiary/aromatic N) is 6. The van der Waals surface area contributed by atoms with Crippen molar-refractivity contribution in [3.63, 3.8) is 0 Å². The maximum atomic E-state index is 6.00. The monoisotopic (exact) mass is 1650 g/mol. The van der Waals surface area contributed by atoms with E-state index in [1.807, 2.05) is 0 Å². The molecule has 0 atom stereocenters. The van der Waals surface area contributed by atoms with Crippen molar-refractivity contribution in [3.8, 4) is 101 Å². The van der Waals surface area contributed by atoms with E-state index in [0.29, 0.717) is 0 Å². The van der Waals surface area contributed by atoms with Crippen molar-refractivity contribution in [1.29, 1.82) is 0 Å². The van der Waals surface area contributed by atoms with Gasteiger partial charge in [0.15, 0.2) is 0 Å². The second-order valence-electron chi connectivity index (χ2n) is 34.7. The van der Waals surface area contributed by atoms with E-state index < -0.39 is 5.41 Å². The molecule has 2 heterocycles. The van der Waals surface area contributed by atoms with Crippen LogP contribution >= 0.6 is 0 Å². The van der Waals surface area contributed by atoms with Crippen LogP contribution < -0.4 is 9.80 Å². The molecule has 0 saturated carbocycles. The molecular weight excluding hydrogens is 1560 g/mol. The first-order chi connectivity index (χ1) is 63.9. The Balaban J connectivity index is 0.722. The third kappa shape index (κ3) is 12.9. The summed E-state index contributed by atoms with van der Waals surface area (Å²) in [5.74, 6) is 1.75. The highest BCUT2D eigenvalue weighted by Crippen LogP contribution is 2.64. The topological polar surface area (TPSA) is 42.1 Å². The van der Waals surface area contributed by atoms with Crippen LogP contribution in [0.25, 0.3) is 166 Å². The van der Waals surface area contributed by atoms with E-state index in [0.717, 1.165) is 195 Å².